The Balaban J connectivity index is 1.78. The normalized spacial score (nSPS) is 29.3. The summed E-state index contributed by atoms with van der Waals surface area (Å²) in [4.78, 5) is 13.8. The van der Waals surface area contributed by atoms with Gasteiger partial charge in [0.2, 0.25) is 5.91 Å². The molecule has 2 N–H and O–H groups in total. The molecule has 0 aliphatic carbocycles. The fourth-order valence-corrected chi connectivity index (χ4v) is 3.90. The molecule has 0 saturated carbocycles. The largest absolute Gasteiger partial charge is 0.416 e. The highest BCUT2D eigenvalue weighted by molar-refractivity contribution is 5.88. The minimum absolute atomic E-state index is 0.0859. The second kappa shape index (κ2) is 6.62. The van der Waals surface area contributed by atoms with Gasteiger partial charge in [0, 0.05) is 12.6 Å². The van der Waals surface area contributed by atoms with Crippen LogP contribution in [0.5, 0.6) is 0 Å². The maximum Gasteiger partial charge on any atom is 0.416 e. The predicted octanol–water partition coefficient (Wildman–Crippen LogP) is 3.89. The van der Waals surface area contributed by atoms with Crippen LogP contribution < -0.4 is 5.73 Å². The van der Waals surface area contributed by atoms with Gasteiger partial charge in [-0.3, -0.25) is 4.79 Å². The van der Waals surface area contributed by atoms with Crippen LogP contribution in [-0.2, 0) is 21.9 Å². The van der Waals surface area contributed by atoms with Gasteiger partial charge in [0.25, 0.3) is 0 Å². The molecule has 2 fully saturated rings. The van der Waals surface area contributed by atoms with Gasteiger partial charge in [0.05, 0.1) is 28.9 Å². The number of alkyl halides is 6. The molecule has 0 spiro atoms. The van der Waals surface area contributed by atoms with Crippen LogP contribution in [0.15, 0.2) is 18.2 Å². The summed E-state index contributed by atoms with van der Waals surface area (Å²) in [6.07, 6.45) is -10.4. The number of halogens is 6. The van der Waals surface area contributed by atoms with Gasteiger partial charge in [0.15, 0.2) is 0 Å². The van der Waals surface area contributed by atoms with Crippen LogP contribution in [0.4, 0.5) is 26.3 Å². The van der Waals surface area contributed by atoms with Crippen LogP contribution in [0.1, 0.15) is 49.5 Å². The van der Waals surface area contributed by atoms with Gasteiger partial charge < -0.3 is 15.4 Å². The SMILES string of the molecule is C[C@@H](O[C@@H]1C[C@@H]2C[C@](C)(N)C(=O)N2C1)c1cc(C(F)(F)F)cc(C(F)(F)F)c1. The lowest BCUT2D eigenvalue weighted by Crippen LogP contribution is -2.45. The average molecular weight is 410 g/mol. The van der Waals surface area contributed by atoms with Gasteiger partial charge in [0.1, 0.15) is 0 Å². The molecule has 0 radical (unpaired) electrons. The van der Waals surface area contributed by atoms with Crippen molar-refractivity contribution in [3.8, 4) is 0 Å². The van der Waals surface area contributed by atoms with E-state index in [1.807, 2.05) is 0 Å². The number of hydrogen-bond donors (Lipinski definition) is 1. The average Bonchev–Trinajstić information content (AvgIpc) is 3.01. The number of ether oxygens (including phenoxy) is 1. The van der Waals surface area contributed by atoms with Crippen molar-refractivity contribution in [3.05, 3.63) is 34.9 Å². The number of carbonyl (C=O) groups excluding carboxylic acids is 1. The topological polar surface area (TPSA) is 55.6 Å². The van der Waals surface area contributed by atoms with E-state index >= 15 is 0 Å². The molecule has 1 amide bonds. The molecule has 2 heterocycles. The first-order chi connectivity index (χ1) is 12.7. The highest BCUT2D eigenvalue weighted by atomic mass is 19.4. The lowest BCUT2D eigenvalue weighted by Gasteiger charge is -2.23. The maximum atomic E-state index is 13.0. The van der Waals surface area contributed by atoms with Crippen molar-refractivity contribution < 1.29 is 35.9 Å². The molecular formula is C18H20F6N2O2. The van der Waals surface area contributed by atoms with Gasteiger partial charge in [-0.15, -0.1) is 0 Å². The number of nitrogens with zero attached hydrogens (tertiary/aromatic N) is 1. The molecule has 0 aromatic heterocycles. The standard InChI is InChI=1S/C18H20F6N2O2/c1-9(28-14-6-13-7-16(2,25)15(27)26(13)8-14)10-3-11(17(19,20)21)5-12(4-10)18(22,23)24/h3-5,9,13-14H,6-8,25H2,1-2H3/t9-,13-,14-,16+/m1/s1. The fourth-order valence-electron chi connectivity index (χ4n) is 3.90. The lowest BCUT2D eigenvalue weighted by molar-refractivity contribution is -0.143. The quantitative estimate of drug-likeness (QED) is 0.770. The summed E-state index contributed by atoms with van der Waals surface area (Å²) in [5.41, 5.74) is 1.98. The second-order valence-electron chi connectivity index (χ2n) is 7.71. The smallest absolute Gasteiger partial charge is 0.369 e. The Morgan fingerprint density at radius 1 is 1.14 bits per heavy atom. The Labute approximate surface area is 157 Å². The summed E-state index contributed by atoms with van der Waals surface area (Å²) in [6, 6.07) is 1.28. The molecule has 2 saturated heterocycles. The monoisotopic (exact) mass is 410 g/mol. The van der Waals surface area contributed by atoms with E-state index in [1.165, 1.54) is 6.92 Å². The van der Waals surface area contributed by atoms with Gasteiger partial charge in [-0.2, -0.15) is 26.3 Å². The number of amides is 1. The lowest BCUT2D eigenvalue weighted by atomic mass is 9.97. The van der Waals surface area contributed by atoms with E-state index < -0.39 is 41.2 Å². The fraction of sp³-hybridized carbons (Fsp3) is 0.611. The van der Waals surface area contributed by atoms with Crippen LogP contribution in [0, 0.1) is 0 Å². The van der Waals surface area contributed by atoms with E-state index in [2.05, 4.69) is 0 Å². The van der Waals surface area contributed by atoms with Crippen LogP contribution in [0.25, 0.3) is 0 Å². The van der Waals surface area contributed by atoms with Crippen molar-refractivity contribution >= 4 is 5.91 Å². The van der Waals surface area contributed by atoms with E-state index in [4.69, 9.17) is 10.5 Å². The molecule has 1 aromatic carbocycles. The van der Waals surface area contributed by atoms with E-state index in [0.29, 0.717) is 25.0 Å². The Kier molecular flexibility index (Phi) is 4.94. The highest BCUT2D eigenvalue weighted by Gasteiger charge is 2.50. The van der Waals surface area contributed by atoms with Crippen molar-refractivity contribution in [1.82, 2.24) is 4.90 Å². The third-order valence-corrected chi connectivity index (χ3v) is 5.26. The van der Waals surface area contributed by atoms with E-state index in [9.17, 15) is 31.1 Å². The first-order valence-electron chi connectivity index (χ1n) is 8.73. The number of hydrogen-bond acceptors (Lipinski definition) is 3. The van der Waals surface area contributed by atoms with Crippen LogP contribution in [0.2, 0.25) is 0 Å². The molecule has 0 bridgehead atoms. The summed E-state index contributed by atoms with van der Waals surface area (Å²) in [7, 11) is 0. The molecule has 1 aromatic rings. The van der Waals surface area contributed by atoms with Gasteiger partial charge in [-0.1, -0.05) is 0 Å². The first-order valence-corrected chi connectivity index (χ1v) is 8.73. The zero-order valence-corrected chi connectivity index (χ0v) is 15.2. The summed E-state index contributed by atoms with van der Waals surface area (Å²) in [5.74, 6) is -0.227. The Hall–Kier alpha value is -1.81. The maximum absolute atomic E-state index is 13.0. The number of benzene rings is 1. The molecule has 156 valence electrons. The third kappa shape index (κ3) is 3.98. The minimum atomic E-state index is -4.91. The molecule has 2 aliphatic heterocycles. The van der Waals surface area contributed by atoms with Crippen LogP contribution in [0.3, 0.4) is 0 Å². The van der Waals surface area contributed by atoms with Gasteiger partial charge in [-0.25, -0.2) is 0 Å². The molecular weight excluding hydrogens is 390 g/mol. The summed E-state index contributed by atoms with van der Waals surface area (Å²) in [6.45, 7) is 3.24. The zero-order valence-electron chi connectivity index (χ0n) is 15.2. The Morgan fingerprint density at radius 2 is 1.68 bits per heavy atom. The molecule has 28 heavy (non-hydrogen) atoms. The van der Waals surface area contributed by atoms with Crippen molar-refractivity contribution in [2.45, 2.75) is 62.8 Å². The summed E-state index contributed by atoms with van der Waals surface area (Å²) < 4.78 is 83.8. The minimum Gasteiger partial charge on any atom is -0.369 e. The zero-order chi connectivity index (χ0) is 21.1. The van der Waals surface area contributed by atoms with E-state index in [1.54, 1.807) is 11.8 Å². The molecule has 10 heteroatoms. The van der Waals surface area contributed by atoms with Crippen molar-refractivity contribution in [2.75, 3.05) is 6.54 Å². The van der Waals surface area contributed by atoms with Crippen LogP contribution in [-0.4, -0.2) is 35.0 Å². The van der Waals surface area contributed by atoms with Crippen molar-refractivity contribution in [3.63, 3.8) is 0 Å². The molecule has 0 unspecified atom stereocenters. The third-order valence-electron chi connectivity index (χ3n) is 5.26. The summed E-state index contributed by atoms with van der Waals surface area (Å²) in [5, 5.41) is 0. The summed E-state index contributed by atoms with van der Waals surface area (Å²) >= 11 is 0. The molecule has 2 aliphatic rings. The van der Waals surface area contributed by atoms with Crippen molar-refractivity contribution in [2.24, 2.45) is 5.73 Å². The second-order valence-corrected chi connectivity index (χ2v) is 7.71. The van der Waals surface area contributed by atoms with Gasteiger partial charge >= 0.3 is 12.4 Å². The number of carbonyl (C=O) groups is 1. The number of fused-ring (bicyclic) bond motifs is 1. The number of rotatable bonds is 3. The Morgan fingerprint density at radius 3 is 2.14 bits per heavy atom. The number of nitrogens with two attached hydrogens (primary N) is 1. The van der Waals surface area contributed by atoms with Gasteiger partial charge in [-0.05, 0) is 50.5 Å². The van der Waals surface area contributed by atoms with Crippen LogP contribution >= 0.6 is 0 Å². The van der Waals surface area contributed by atoms with Crippen molar-refractivity contribution in [1.29, 1.82) is 0 Å². The molecule has 4 nitrogen and oxygen atoms in total. The molecule has 3 rings (SSSR count). The van der Waals surface area contributed by atoms with E-state index in [-0.39, 0.29) is 30.1 Å². The Bertz CT molecular complexity index is 742. The van der Waals surface area contributed by atoms with E-state index in [0.717, 1.165) is 0 Å². The highest BCUT2D eigenvalue weighted by Crippen LogP contribution is 2.40. The molecule has 4 atom stereocenters. The first kappa shape index (κ1) is 20.9. The predicted molar refractivity (Wildman–Crippen MR) is 87.1 cm³/mol.